The second-order valence-electron chi connectivity index (χ2n) is 5.60. The molecule has 0 spiro atoms. The van der Waals surface area contributed by atoms with E-state index in [1.54, 1.807) is 6.92 Å². The molecule has 0 N–H and O–H groups in total. The SMILES string of the molecule is Cc1cc(S(=O)(=O)N2CC(C)CC2C)cc([N+](=O)[O-])c1F. The van der Waals surface area contributed by atoms with Crippen LogP contribution in [0.4, 0.5) is 10.1 Å². The number of benzene rings is 1. The number of hydrogen-bond acceptors (Lipinski definition) is 4. The average molecular weight is 316 g/mol. The van der Waals surface area contributed by atoms with E-state index in [-0.39, 0.29) is 22.4 Å². The minimum atomic E-state index is -3.85. The third-order valence-corrected chi connectivity index (χ3v) is 5.70. The van der Waals surface area contributed by atoms with Gasteiger partial charge in [0.1, 0.15) is 0 Å². The van der Waals surface area contributed by atoms with Crippen molar-refractivity contribution in [1.82, 2.24) is 4.31 Å². The monoisotopic (exact) mass is 316 g/mol. The van der Waals surface area contributed by atoms with E-state index in [1.165, 1.54) is 11.2 Å². The molecule has 2 unspecified atom stereocenters. The summed E-state index contributed by atoms with van der Waals surface area (Å²) in [4.78, 5) is 9.71. The summed E-state index contributed by atoms with van der Waals surface area (Å²) in [5.41, 5.74) is -0.865. The third-order valence-electron chi connectivity index (χ3n) is 3.74. The molecule has 2 rings (SSSR count). The van der Waals surface area contributed by atoms with Gasteiger partial charge in [0.15, 0.2) is 0 Å². The molecular weight excluding hydrogens is 299 g/mol. The Morgan fingerprint density at radius 1 is 1.38 bits per heavy atom. The maximum absolute atomic E-state index is 13.7. The summed E-state index contributed by atoms with van der Waals surface area (Å²) in [6, 6.07) is 1.77. The second kappa shape index (κ2) is 5.34. The van der Waals surface area contributed by atoms with E-state index in [0.29, 0.717) is 6.54 Å². The second-order valence-corrected chi connectivity index (χ2v) is 7.49. The summed E-state index contributed by atoms with van der Waals surface area (Å²) >= 11 is 0. The predicted molar refractivity (Wildman–Crippen MR) is 74.9 cm³/mol. The largest absolute Gasteiger partial charge is 0.306 e. The number of sulfonamides is 1. The lowest BCUT2D eigenvalue weighted by Crippen LogP contribution is -2.34. The molecule has 21 heavy (non-hydrogen) atoms. The molecule has 116 valence electrons. The first kappa shape index (κ1) is 15.8. The highest BCUT2D eigenvalue weighted by Gasteiger charge is 2.37. The number of halogens is 1. The normalized spacial score (nSPS) is 23.4. The maximum atomic E-state index is 13.7. The predicted octanol–water partition coefficient (Wildman–Crippen LogP) is 2.46. The molecule has 2 atom stereocenters. The van der Waals surface area contributed by atoms with E-state index in [9.17, 15) is 22.9 Å². The molecule has 1 saturated heterocycles. The van der Waals surface area contributed by atoms with Gasteiger partial charge in [-0.15, -0.1) is 0 Å². The van der Waals surface area contributed by atoms with Gasteiger partial charge in [0, 0.05) is 18.7 Å². The highest BCUT2D eigenvalue weighted by Crippen LogP contribution is 2.32. The summed E-state index contributed by atoms with van der Waals surface area (Å²) in [6.07, 6.45) is 0.738. The van der Waals surface area contributed by atoms with Crippen LogP contribution < -0.4 is 0 Å². The zero-order chi connectivity index (χ0) is 15.9. The molecule has 0 aromatic heterocycles. The number of hydrogen-bond donors (Lipinski definition) is 0. The van der Waals surface area contributed by atoms with E-state index < -0.39 is 26.5 Å². The van der Waals surface area contributed by atoms with Crippen molar-refractivity contribution >= 4 is 15.7 Å². The van der Waals surface area contributed by atoms with Crippen LogP contribution in [0.1, 0.15) is 25.8 Å². The summed E-state index contributed by atoms with van der Waals surface area (Å²) in [5, 5.41) is 10.8. The summed E-state index contributed by atoms with van der Waals surface area (Å²) in [6.45, 7) is 5.43. The Bertz CT molecular complexity index is 690. The van der Waals surface area contributed by atoms with Gasteiger partial charge in [-0.2, -0.15) is 8.70 Å². The lowest BCUT2D eigenvalue weighted by molar-refractivity contribution is -0.387. The van der Waals surface area contributed by atoms with Crippen LogP contribution in [0.5, 0.6) is 0 Å². The molecule has 0 aliphatic carbocycles. The molecule has 1 aromatic rings. The van der Waals surface area contributed by atoms with Gasteiger partial charge in [-0.3, -0.25) is 10.1 Å². The van der Waals surface area contributed by atoms with Gasteiger partial charge in [0.2, 0.25) is 15.8 Å². The van der Waals surface area contributed by atoms with Crippen molar-refractivity contribution in [3.8, 4) is 0 Å². The van der Waals surface area contributed by atoms with Gasteiger partial charge in [-0.25, -0.2) is 8.42 Å². The minimum Gasteiger partial charge on any atom is -0.258 e. The van der Waals surface area contributed by atoms with Crippen LogP contribution in [0.25, 0.3) is 0 Å². The zero-order valence-corrected chi connectivity index (χ0v) is 12.9. The van der Waals surface area contributed by atoms with Gasteiger partial charge in [-0.1, -0.05) is 6.92 Å². The molecule has 6 nitrogen and oxygen atoms in total. The maximum Gasteiger partial charge on any atom is 0.306 e. The Kier molecular flexibility index (Phi) is 4.03. The Hall–Kier alpha value is -1.54. The smallest absolute Gasteiger partial charge is 0.258 e. The van der Waals surface area contributed by atoms with E-state index >= 15 is 0 Å². The van der Waals surface area contributed by atoms with Crippen molar-refractivity contribution in [3.63, 3.8) is 0 Å². The lowest BCUT2D eigenvalue weighted by Gasteiger charge is -2.21. The van der Waals surface area contributed by atoms with E-state index in [1.807, 2.05) is 6.92 Å². The van der Waals surface area contributed by atoms with Crippen molar-refractivity contribution in [2.75, 3.05) is 6.54 Å². The molecule has 1 fully saturated rings. The Balaban J connectivity index is 2.53. The molecule has 0 saturated carbocycles. The van der Waals surface area contributed by atoms with Crippen LogP contribution in [0.2, 0.25) is 0 Å². The van der Waals surface area contributed by atoms with Crippen LogP contribution in [0.15, 0.2) is 17.0 Å². The fourth-order valence-corrected chi connectivity index (χ4v) is 4.60. The highest BCUT2D eigenvalue weighted by atomic mass is 32.2. The summed E-state index contributed by atoms with van der Waals surface area (Å²) < 4.78 is 40.2. The van der Waals surface area contributed by atoms with Crippen LogP contribution >= 0.6 is 0 Å². The molecule has 1 aliphatic heterocycles. The first-order chi connectivity index (χ1) is 9.64. The standard InChI is InChI=1S/C13H17FN2O4S/c1-8-4-10(3)15(7-8)21(19,20)11-5-9(2)13(14)12(6-11)16(17)18/h5-6,8,10H,4,7H2,1-3H3. The van der Waals surface area contributed by atoms with Crippen molar-refractivity contribution in [1.29, 1.82) is 0 Å². The van der Waals surface area contributed by atoms with Crippen LogP contribution in [0, 0.1) is 28.8 Å². The number of nitro groups is 1. The molecular formula is C13H17FN2O4S. The molecule has 8 heteroatoms. The Morgan fingerprint density at radius 3 is 2.48 bits per heavy atom. The Morgan fingerprint density at radius 2 is 2.00 bits per heavy atom. The molecule has 0 amide bonds. The molecule has 1 heterocycles. The fourth-order valence-electron chi connectivity index (χ4n) is 2.73. The molecule has 0 radical (unpaired) electrons. The zero-order valence-electron chi connectivity index (χ0n) is 12.0. The van der Waals surface area contributed by atoms with Gasteiger partial charge in [0.25, 0.3) is 0 Å². The van der Waals surface area contributed by atoms with Crippen LogP contribution in [0.3, 0.4) is 0 Å². The molecule has 0 bridgehead atoms. The van der Waals surface area contributed by atoms with E-state index in [0.717, 1.165) is 18.6 Å². The Labute approximate surface area is 122 Å². The van der Waals surface area contributed by atoms with Crippen LogP contribution in [-0.4, -0.2) is 30.2 Å². The first-order valence-electron chi connectivity index (χ1n) is 6.61. The quantitative estimate of drug-likeness (QED) is 0.633. The van der Waals surface area contributed by atoms with E-state index in [4.69, 9.17) is 0 Å². The van der Waals surface area contributed by atoms with E-state index in [2.05, 4.69) is 0 Å². The lowest BCUT2D eigenvalue weighted by atomic mass is 10.1. The minimum absolute atomic E-state index is 0.0531. The van der Waals surface area contributed by atoms with Crippen molar-refractivity contribution < 1.29 is 17.7 Å². The van der Waals surface area contributed by atoms with Crippen molar-refractivity contribution in [2.45, 2.75) is 38.1 Å². The topological polar surface area (TPSA) is 80.5 Å². The summed E-state index contributed by atoms with van der Waals surface area (Å²) in [5.74, 6) is -0.770. The van der Waals surface area contributed by atoms with Gasteiger partial charge in [0.05, 0.1) is 9.82 Å². The molecule has 1 aliphatic rings. The van der Waals surface area contributed by atoms with Crippen molar-refractivity contribution in [3.05, 3.63) is 33.6 Å². The van der Waals surface area contributed by atoms with Gasteiger partial charge < -0.3 is 0 Å². The van der Waals surface area contributed by atoms with Gasteiger partial charge >= 0.3 is 5.69 Å². The third kappa shape index (κ3) is 2.77. The van der Waals surface area contributed by atoms with Gasteiger partial charge in [-0.05, 0) is 37.8 Å². The number of nitro benzene ring substituents is 1. The molecule has 1 aromatic carbocycles. The van der Waals surface area contributed by atoms with Crippen molar-refractivity contribution in [2.24, 2.45) is 5.92 Å². The first-order valence-corrected chi connectivity index (χ1v) is 8.05. The van der Waals surface area contributed by atoms with Crippen LogP contribution in [-0.2, 0) is 10.0 Å². The summed E-state index contributed by atoms with van der Waals surface area (Å²) in [7, 11) is -3.85. The number of rotatable bonds is 3. The fraction of sp³-hybridized carbons (Fsp3) is 0.538. The average Bonchev–Trinajstić information content (AvgIpc) is 2.71. The number of nitrogens with zero attached hydrogens (tertiary/aromatic N) is 2. The highest BCUT2D eigenvalue weighted by molar-refractivity contribution is 7.89. The number of aryl methyl sites for hydroxylation is 1.